The SMILES string of the molecule is COC(CNC(=O)c1nnn(-c2cccc([N+](=O)[O-])c2)c1C)C(=O)O. The first-order chi connectivity index (χ1) is 11.8. The molecular weight excluding hydrogens is 334 g/mol. The van der Waals surface area contributed by atoms with Crippen LogP contribution in [0, 0.1) is 17.0 Å². The van der Waals surface area contributed by atoms with Crippen LogP contribution in [0.2, 0.25) is 0 Å². The minimum Gasteiger partial charge on any atom is -0.479 e. The molecule has 2 rings (SSSR count). The normalized spacial score (nSPS) is 11.8. The van der Waals surface area contributed by atoms with Crippen molar-refractivity contribution in [3.8, 4) is 5.69 Å². The van der Waals surface area contributed by atoms with Crippen molar-refractivity contribution in [2.45, 2.75) is 13.0 Å². The summed E-state index contributed by atoms with van der Waals surface area (Å²) < 4.78 is 6.00. The number of carbonyl (C=O) groups excluding carboxylic acids is 1. The molecule has 0 saturated carbocycles. The molecule has 0 aliphatic rings. The summed E-state index contributed by atoms with van der Waals surface area (Å²) in [5, 5.41) is 29.7. The predicted molar refractivity (Wildman–Crippen MR) is 83.5 cm³/mol. The molecule has 0 saturated heterocycles. The molecule has 0 bridgehead atoms. The molecule has 1 unspecified atom stereocenters. The molecule has 1 heterocycles. The van der Waals surface area contributed by atoms with Crippen molar-refractivity contribution < 1.29 is 24.4 Å². The third-order valence-corrected chi connectivity index (χ3v) is 3.40. The fourth-order valence-electron chi connectivity index (χ4n) is 2.06. The van der Waals surface area contributed by atoms with Crippen molar-refractivity contribution in [3.05, 3.63) is 45.8 Å². The molecule has 11 heteroatoms. The number of nitro benzene ring substituents is 1. The van der Waals surface area contributed by atoms with Crippen molar-refractivity contribution in [1.82, 2.24) is 20.3 Å². The first-order valence-corrected chi connectivity index (χ1v) is 7.06. The third kappa shape index (κ3) is 3.95. The first kappa shape index (κ1) is 18.0. The van der Waals surface area contributed by atoms with E-state index in [0.717, 1.165) is 0 Å². The van der Waals surface area contributed by atoms with Crippen molar-refractivity contribution in [2.75, 3.05) is 13.7 Å². The zero-order valence-electron chi connectivity index (χ0n) is 13.4. The van der Waals surface area contributed by atoms with Gasteiger partial charge in [-0.25, -0.2) is 9.48 Å². The van der Waals surface area contributed by atoms with E-state index in [0.29, 0.717) is 11.4 Å². The van der Waals surface area contributed by atoms with Gasteiger partial charge in [0.15, 0.2) is 11.8 Å². The second-order valence-corrected chi connectivity index (χ2v) is 4.98. The number of ether oxygens (including phenoxy) is 1. The molecule has 0 aliphatic heterocycles. The van der Waals surface area contributed by atoms with Crippen LogP contribution in [0.4, 0.5) is 5.69 Å². The van der Waals surface area contributed by atoms with Crippen LogP contribution < -0.4 is 5.32 Å². The quantitative estimate of drug-likeness (QED) is 0.536. The molecule has 2 N–H and O–H groups in total. The van der Waals surface area contributed by atoms with Crippen LogP contribution in [-0.2, 0) is 9.53 Å². The molecule has 1 amide bonds. The smallest absolute Gasteiger partial charge is 0.334 e. The number of amides is 1. The van der Waals surface area contributed by atoms with Gasteiger partial charge in [-0.15, -0.1) is 5.10 Å². The molecule has 1 atom stereocenters. The number of carboxylic acid groups (broad SMARTS) is 1. The highest BCUT2D eigenvalue weighted by Crippen LogP contribution is 2.18. The summed E-state index contributed by atoms with van der Waals surface area (Å²) in [4.78, 5) is 33.3. The number of nitrogens with one attached hydrogen (secondary N) is 1. The van der Waals surface area contributed by atoms with Crippen molar-refractivity contribution >= 4 is 17.6 Å². The Morgan fingerprint density at radius 2 is 2.20 bits per heavy atom. The maximum atomic E-state index is 12.1. The number of benzene rings is 1. The van der Waals surface area contributed by atoms with E-state index >= 15 is 0 Å². The van der Waals surface area contributed by atoms with Crippen molar-refractivity contribution in [3.63, 3.8) is 0 Å². The van der Waals surface area contributed by atoms with Crippen molar-refractivity contribution in [2.24, 2.45) is 0 Å². The Morgan fingerprint density at radius 3 is 2.80 bits per heavy atom. The summed E-state index contributed by atoms with van der Waals surface area (Å²) in [7, 11) is 1.22. The van der Waals surface area contributed by atoms with Crippen molar-refractivity contribution in [1.29, 1.82) is 0 Å². The van der Waals surface area contributed by atoms with Gasteiger partial charge in [-0.2, -0.15) is 0 Å². The van der Waals surface area contributed by atoms with Gasteiger partial charge in [0.1, 0.15) is 0 Å². The van der Waals surface area contributed by atoms with Crippen LogP contribution in [-0.4, -0.2) is 56.7 Å². The predicted octanol–water partition coefficient (Wildman–Crippen LogP) is 0.313. The Labute approximate surface area is 141 Å². The number of nitrogens with zero attached hydrogens (tertiary/aromatic N) is 4. The highest BCUT2D eigenvalue weighted by molar-refractivity contribution is 5.93. The largest absolute Gasteiger partial charge is 0.479 e. The van der Waals surface area contributed by atoms with Crippen LogP contribution in [0.5, 0.6) is 0 Å². The highest BCUT2D eigenvalue weighted by Gasteiger charge is 2.21. The molecule has 0 radical (unpaired) electrons. The Balaban J connectivity index is 2.20. The molecule has 0 aliphatic carbocycles. The number of non-ortho nitro benzene ring substituents is 1. The van der Waals surface area contributed by atoms with E-state index in [4.69, 9.17) is 9.84 Å². The number of carbonyl (C=O) groups is 2. The number of aliphatic carboxylic acids is 1. The second kappa shape index (κ2) is 7.49. The molecular formula is C14H15N5O6. The Hall–Kier alpha value is -3.34. The topological polar surface area (TPSA) is 149 Å². The minimum atomic E-state index is -1.21. The summed E-state index contributed by atoms with van der Waals surface area (Å²) in [6.07, 6.45) is -1.18. The zero-order valence-corrected chi connectivity index (χ0v) is 13.4. The summed E-state index contributed by atoms with van der Waals surface area (Å²) in [5.74, 6) is -1.84. The monoisotopic (exact) mass is 349 g/mol. The number of rotatable bonds is 7. The standard InChI is InChI=1S/C14H15N5O6/c1-8-12(13(20)15-7-11(25-2)14(21)22)16-17-18(8)9-4-3-5-10(6-9)19(23)24/h3-6,11H,7H2,1-2H3,(H,15,20)(H,21,22). The van der Waals surface area contributed by atoms with Gasteiger partial charge in [-0.1, -0.05) is 11.3 Å². The Bertz CT molecular complexity index is 818. The van der Waals surface area contributed by atoms with Crippen LogP contribution in [0.3, 0.4) is 0 Å². The molecule has 11 nitrogen and oxygen atoms in total. The van der Waals surface area contributed by atoms with Gasteiger partial charge in [0.2, 0.25) is 0 Å². The summed E-state index contributed by atoms with van der Waals surface area (Å²) in [6.45, 7) is 1.33. The fourth-order valence-corrected chi connectivity index (χ4v) is 2.06. The molecule has 25 heavy (non-hydrogen) atoms. The molecule has 1 aromatic carbocycles. The van der Waals surface area contributed by atoms with Crippen LogP contribution in [0.1, 0.15) is 16.2 Å². The second-order valence-electron chi connectivity index (χ2n) is 4.98. The van der Waals surface area contributed by atoms with Crippen LogP contribution in [0.25, 0.3) is 5.69 Å². The maximum Gasteiger partial charge on any atom is 0.334 e. The number of methoxy groups -OCH3 is 1. The maximum absolute atomic E-state index is 12.1. The van der Waals surface area contributed by atoms with Gasteiger partial charge < -0.3 is 15.2 Å². The van der Waals surface area contributed by atoms with Gasteiger partial charge in [0, 0.05) is 19.2 Å². The number of hydrogen-bond acceptors (Lipinski definition) is 7. The van der Waals surface area contributed by atoms with E-state index in [-0.39, 0.29) is 17.9 Å². The minimum absolute atomic E-state index is 0.0215. The van der Waals surface area contributed by atoms with Gasteiger partial charge in [0.05, 0.1) is 22.8 Å². The van der Waals surface area contributed by atoms with E-state index in [1.54, 1.807) is 13.0 Å². The van der Waals surface area contributed by atoms with Gasteiger partial charge in [-0.05, 0) is 13.0 Å². The number of hydrogen-bond donors (Lipinski definition) is 2. The lowest BCUT2D eigenvalue weighted by atomic mass is 10.2. The lowest BCUT2D eigenvalue weighted by Gasteiger charge is -2.10. The summed E-state index contributed by atoms with van der Waals surface area (Å²) in [6, 6.07) is 5.71. The summed E-state index contributed by atoms with van der Waals surface area (Å²) in [5.41, 5.74) is 0.579. The molecule has 132 valence electrons. The van der Waals surface area contributed by atoms with Gasteiger partial charge in [0.25, 0.3) is 11.6 Å². The van der Waals surface area contributed by atoms with E-state index in [9.17, 15) is 19.7 Å². The average molecular weight is 349 g/mol. The number of carboxylic acids is 1. The van der Waals surface area contributed by atoms with E-state index in [2.05, 4.69) is 15.6 Å². The first-order valence-electron chi connectivity index (χ1n) is 7.06. The highest BCUT2D eigenvalue weighted by atomic mass is 16.6. The van der Waals surface area contributed by atoms with Crippen LogP contribution >= 0.6 is 0 Å². The summed E-state index contributed by atoms with van der Waals surface area (Å²) >= 11 is 0. The Morgan fingerprint density at radius 1 is 1.48 bits per heavy atom. The third-order valence-electron chi connectivity index (χ3n) is 3.40. The van der Waals surface area contributed by atoms with Gasteiger partial charge in [-0.3, -0.25) is 14.9 Å². The van der Waals surface area contributed by atoms with E-state index in [1.165, 1.54) is 30.0 Å². The van der Waals surface area contributed by atoms with E-state index < -0.39 is 22.9 Å². The molecule has 0 fully saturated rings. The molecule has 0 spiro atoms. The fraction of sp³-hybridized carbons (Fsp3) is 0.286. The van der Waals surface area contributed by atoms with Gasteiger partial charge >= 0.3 is 5.97 Å². The Kier molecular flexibility index (Phi) is 5.39. The average Bonchev–Trinajstić information content (AvgIpc) is 2.96. The lowest BCUT2D eigenvalue weighted by Crippen LogP contribution is -2.38. The van der Waals surface area contributed by atoms with Crippen LogP contribution in [0.15, 0.2) is 24.3 Å². The molecule has 1 aromatic heterocycles. The molecule has 2 aromatic rings. The lowest BCUT2D eigenvalue weighted by molar-refractivity contribution is -0.384. The number of aromatic nitrogens is 3. The number of nitro groups is 1. The van der Waals surface area contributed by atoms with E-state index in [1.807, 2.05) is 0 Å². The zero-order chi connectivity index (χ0) is 18.6.